The first-order chi connectivity index (χ1) is 14.4. The van der Waals surface area contributed by atoms with Crippen LogP contribution in [-0.2, 0) is 0 Å². The molecule has 10 heteroatoms. The second kappa shape index (κ2) is 7.83. The highest BCUT2D eigenvalue weighted by Gasteiger charge is 2.26. The number of nitrogens with zero attached hydrogens (tertiary/aromatic N) is 4. The minimum Gasteiger partial charge on any atom is -0.367 e. The lowest BCUT2D eigenvalue weighted by Gasteiger charge is -2.36. The molecule has 0 aliphatic carbocycles. The average Bonchev–Trinajstić information content (AvgIpc) is 2.75. The van der Waals surface area contributed by atoms with Gasteiger partial charge in [0.2, 0.25) is 0 Å². The van der Waals surface area contributed by atoms with Gasteiger partial charge in [0.05, 0.1) is 15.5 Å². The highest BCUT2D eigenvalue weighted by molar-refractivity contribution is 6.33. The molecule has 0 spiro atoms. The lowest BCUT2D eigenvalue weighted by atomic mass is 10.1. The number of carbonyl (C=O) groups is 1. The van der Waals surface area contributed by atoms with Gasteiger partial charge >= 0.3 is 0 Å². The number of aromatic nitrogens is 1. The van der Waals surface area contributed by atoms with Crippen molar-refractivity contribution in [3.8, 4) is 0 Å². The van der Waals surface area contributed by atoms with Crippen molar-refractivity contribution in [3.05, 3.63) is 74.9 Å². The Morgan fingerprint density at radius 1 is 1.10 bits per heavy atom. The summed E-state index contributed by atoms with van der Waals surface area (Å²) < 4.78 is 26.8. The summed E-state index contributed by atoms with van der Waals surface area (Å²) in [5.74, 6) is -2.72. The second-order valence-electron chi connectivity index (χ2n) is 6.79. The number of hydrogen-bond donors (Lipinski definition) is 0. The number of pyridine rings is 1. The number of nitro groups is 1. The smallest absolute Gasteiger partial charge is 0.295 e. The maximum atomic E-state index is 13.5. The van der Waals surface area contributed by atoms with Gasteiger partial charge in [-0.25, -0.2) is 13.8 Å². The summed E-state index contributed by atoms with van der Waals surface area (Å²) in [5.41, 5.74) is 0.916. The fraction of sp³-hybridized carbons (Fsp3) is 0.200. The number of non-ortho nitro benzene ring substituents is 1. The van der Waals surface area contributed by atoms with E-state index in [9.17, 15) is 23.7 Å². The van der Waals surface area contributed by atoms with Crippen LogP contribution in [-0.4, -0.2) is 46.9 Å². The summed E-state index contributed by atoms with van der Waals surface area (Å²) in [4.78, 5) is 31.2. The lowest BCUT2D eigenvalue weighted by molar-refractivity contribution is -0.383. The van der Waals surface area contributed by atoms with Gasteiger partial charge in [0.15, 0.2) is 11.6 Å². The highest BCUT2D eigenvalue weighted by atomic mass is 35.5. The van der Waals surface area contributed by atoms with E-state index in [2.05, 4.69) is 4.98 Å². The summed E-state index contributed by atoms with van der Waals surface area (Å²) in [5, 5.41) is 11.8. The third-order valence-electron chi connectivity index (χ3n) is 5.07. The number of carbonyl (C=O) groups excluding carboxylic acids is 1. The number of benzene rings is 2. The molecule has 154 valence electrons. The Labute approximate surface area is 174 Å². The molecule has 2 heterocycles. The van der Waals surface area contributed by atoms with Crippen LogP contribution in [0.3, 0.4) is 0 Å². The normalized spacial score (nSPS) is 14.2. The van der Waals surface area contributed by atoms with Crippen molar-refractivity contribution in [2.24, 2.45) is 0 Å². The Morgan fingerprint density at radius 3 is 2.50 bits per heavy atom. The topological polar surface area (TPSA) is 79.6 Å². The van der Waals surface area contributed by atoms with Crippen molar-refractivity contribution in [1.29, 1.82) is 0 Å². The molecule has 1 aliphatic heterocycles. The predicted octanol–water partition coefficient (Wildman–Crippen LogP) is 4.04. The summed E-state index contributed by atoms with van der Waals surface area (Å²) in [6.07, 6.45) is 1.50. The molecule has 7 nitrogen and oxygen atoms in total. The number of anilines is 1. The van der Waals surface area contributed by atoms with Gasteiger partial charge < -0.3 is 9.80 Å². The Kier molecular flexibility index (Phi) is 5.21. The zero-order valence-electron chi connectivity index (χ0n) is 15.5. The molecule has 1 amide bonds. The van der Waals surface area contributed by atoms with Crippen LogP contribution in [0.15, 0.2) is 42.6 Å². The fourth-order valence-corrected chi connectivity index (χ4v) is 3.80. The standard InChI is InChI=1S/C20H15ClF2N4O3/c21-14-11-16(23)15(22)10-13(14)20(28)26-8-6-25(7-9-26)17-3-4-18(27(29)30)19-12(17)2-1-5-24-19/h1-5,10-11H,6-9H2. The van der Waals surface area contributed by atoms with Crippen molar-refractivity contribution < 1.29 is 18.5 Å². The molecule has 0 saturated carbocycles. The molecular weight excluding hydrogens is 418 g/mol. The van der Waals surface area contributed by atoms with E-state index in [0.29, 0.717) is 37.1 Å². The van der Waals surface area contributed by atoms with Crippen LogP contribution in [0, 0.1) is 21.7 Å². The van der Waals surface area contributed by atoms with E-state index >= 15 is 0 Å². The third kappa shape index (κ3) is 3.52. The maximum absolute atomic E-state index is 13.5. The van der Waals surface area contributed by atoms with Gasteiger partial charge in [-0.2, -0.15) is 0 Å². The quantitative estimate of drug-likeness (QED) is 0.354. The van der Waals surface area contributed by atoms with Crippen LogP contribution < -0.4 is 4.90 Å². The molecule has 0 unspecified atom stereocenters. The number of hydrogen-bond acceptors (Lipinski definition) is 5. The molecule has 1 fully saturated rings. The Bertz CT molecular complexity index is 1170. The van der Waals surface area contributed by atoms with Crippen LogP contribution in [0.5, 0.6) is 0 Å². The summed E-state index contributed by atoms with van der Waals surface area (Å²) in [7, 11) is 0. The monoisotopic (exact) mass is 432 g/mol. The van der Waals surface area contributed by atoms with Gasteiger partial charge in [-0.15, -0.1) is 0 Å². The first kappa shape index (κ1) is 20.0. The number of piperazine rings is 1. The number of fused-ring (bicyclic) bond motifs is 1. The van der Waals surface area contributed by atoms with E-state index in [0.717, 1.165) is 17.8 Å². The Balaban J connectivity index is 1.56. The largest absolute Gasteiger partial charge is 0.367 e. The molecule has 0 radical (unpaired) electrons. The number of nitro benzene ring substituents is 1. The molecule has 2 aromatic carbocycles. The third-order valence-corrected chi connectivity index (χ3v) is 5.38. The number of rotatable bonds is 3. The van der Waals surface area contributed by atoms with Gasteiger partial charge in [-0.1, -0.05) is 11.6 Å². The van der Waals surface area contributed by atoms with Gasteiger partial charge in [-0.3, -0.25) is 14.9 Å². The van der Waals surface area contributed by atoms with Crippen LogP contribution in [0.1, 0.15) is 10.4 Å². The molecule has 0 N–H and O–H groups in total. The minimum atomic E-state index is -1.13. The van der Waals surface area contributed by atoms with Gasteiger partial charge in [0.25, 0.3) is 11.6 Å². The first-order valence-corrected chi connectivity index (χ1v) is 9.45. The van der Waals surface area contributed by atoms with Gasteiger partial charge in [0, 0.05) is 49.5 Å². The van der Waals surface area contributed by atoms with Crippen LogP contribution in [0.4, 0.5) is 20.2 Å². The van der Waals surface area contributed by atoms with E-state index in [1.807, 2.05) is 4.90 Å². The maximum Gasteiger partial charge on any atom is 0.295 e. The molecule has 1 aliphatic rings. The van der Waals surface area contributed by atoms with E-state index in [4.69, 9.17) is 11.6 Å². The first-order valence-electron chi connectivity index (χ1n) is 9.07. The molecule has 30 heavy (non-hydrogen) atoms. The van der Waals surface area contributed by atoms with E-state index in [-0.39, 0.29) is 16.3 Å². The van der Waals surface area contributed by atoms with Crippen molar-refractivity contribution in [2.45, 2.75) is 0 Å². The van der Waals surface area contributed by atoms with Crippen LogP contribution >= 0.6 is 11.6 Å². The summed E-state index contributed by atoms with van der Waals surface area (Å²) in [6.45, 7) is 1.56. The molecule has 4 rings (SSSR count). The molecular formula is C20H15ClF2N4O3. The Hall–Kier alpha value is -3.33. The molecule has 1 saturated heterocycles. The molecule has 0 bridgehead atoms. The zero-order chi connectivity index (χ0) is 21.4. The molecule has 1 aromatic heterocycles. The minimum absolute atomic E-state index is 0.0730. The zero-order valence-corrected chi connectivity index (χ0v) is 16.3. The van der Waals surface area contributed by atoms with E-state index in [1.165, 1.54) is 17.2 Å². The average molecular weight is 433 g/mol. The number of amides is 1. The van der Waals surface area contributed by atoms with Crippen molar-refractivity contribution >= 4 is 39.8 Å². The van der Waals surface area contributed by atoms with E-state index in [1.54, 1.807) is 18.2 Å². The molecule has 0 atom stereocenters. The van der Waals surface area contributed by atoms with Crippen LogP contribution in [0.2, 0.25) is 5.02 Å². The van der Waals surface area contributed by atoms with Gasteiger partial charge in [0.1, 0.15) is 5.52 Å². The summed E-state index contributed by atoms with van der Waals surface area (Å²) >= 11 is 5.92. The van der Waals surface area contributed by atoms with Gasteiger partial charge in [-0.05, 0) is 30.3 Å². The second-order valence-corrected chi connectivity index (χ2v) is 7.19. The predicted molar refractivity (Wildman–Crippen MR) is 108 cm³/mol. The van der Waals surface area contributed by atoms with Crippen molar-refractivity contribution in [2.75, 3.05) is 31.1 Å². The SMILES string of the molecule is O=C(c1cc(F)c(F)cc1Cl)N1CCN(c2ccc([N+](=O)[O-])c3ncccc23)CC1. The fourth-order valence-electron chi connectivity index (χ4n) is 3.57. The van der Waals surface area contributed by atoms with Crippen molar-refractivity contribution in [3.63, 3.8) is 0 Å². The highest BCUT2D eigenvalue weighted by Crippen LogP contribution is 2.33. The van der Waals surface area contributed by atoms with E-state index < -0.39 is 22.5 Å². The Morgan fingerprint density at radius 2 is 1.80 bits per heavy atom. The molecule has 3 aromatic rings. The van der Waals surface area contributed by atoms with Crippen molar-refractivity contribution in [1.82, 2.24) is 9.88 Å². The lowest BCUT2D eigenvalue weighted by Crippen LogP contribution is -2.49. The summed E-state index contributed by atoms with van der Waals surface area (Å²) in [6, 6.07) is 8.16. The van der Waals surface area contributed by atoms with Crippen LogP contribution in [0.25, 0.3) is 10.9 Å². The number of halogens is 3.